The molecule has 0 bridgehead atoms. The first-order valence-electron chi connectivity index (χ1n) is 10.4. The van der Waals surface area contributed by atoms with E-state index in [2.05, 4.69) is 27.4 Å². The number of amides is 2. The van der Waals surface area contributed by atoms with Gasteiger partial charge >= 0.3 is 0 Å². The van der Waals surface area contributed by atoms with Crippen LogP contribution >= 0.6 is 11.8 Å². The van der Waals surface area contributed by atoms with Gasteiger partial charge in [-0.1, -0.05) is 47.7 Å². The van der Waals surface area contributed by atoms with E-state index in [4.69, 9.17) is 4.74 Å². The van der Waals surface area contributed by atoms with Crippen molar-refractivity contribution in [1.82, 2.24) is 20.1 Å². The number of carbonyl (C=O) groups excluding carboxylic acids is 2. The van der Waals surface area contributed by atoms with Crippen molar-refractivity contribution < 1.29 is 14.3 Å². The number of thioether (sulfide) groups is 1. The van der Waals surface area contributed by atoms with Crippen LogP contribution in [0.4, 0.5) is 5.69 Å². The lowest BCUT2D eigenvalue weighted by molar-refractivity contribution is -0.113. The summed E-state index contributed by atoms with van der Waals surface area (Å²) in [6, 6.07) is 14.2. The van der Waals surface area contributed by atoms with Crippen molar-refractivity contribution in [2.24, 2.45) is 0 Å². The van der Waals surface area contributed by atoms with Gasteiger partial charge in [-0.25, -0.2) is 0 Å². The Bertz CT molecular complexity index is 1130. The number of nitrogens with zero attached hydrogens (tertiary/aromatic N) is 3. The van der Waals surface area contributed by atoms with Crippen molar-refractivity contribution in [3.8, 4) is 5.75 Å². The Hall–Kier alpha value is -3.59. The third-order valence-electron chi connectivity index (χ3n) is 4.82. The zero-order chi connectivity index (χ0) is 23.8. The molecule has 2 amide bonds. The molecular formula is C24H27N5O3S. The summed E-state index contributed by atoms with van der Waals surface area (Å²) in [6.07, 6.45) is 1.72. The molecule has 8 nitrogen and oxygen atoms in total. The number of ether oxygens (including phenoxy) is 1. The molecule has 0 radical (unpaired) electrons. The number of carbonyl (C=O) groups is 2. The molecule has 0 spiro atoms. The van der Waals surface area contributed by atoms with Crippen LogP contribution in [0.15, 0.2) is 66.3 Å². The predicted octanol–water partition coefficient (Wildman–Crippen LogP) is 4.00. The summed E-state index contributed by atoms with van der Waals surface area (Å²) >= 11 is 1.26. The summed E-state index contributed by atoms with van der Waals surface area (Å²) in [6.45, 7) is 8.06. The highest BCUT2D eigenvalue weighted by molar-refractivity contribution is 7.99. The van der Waals surface area contributed by atoms with E-state index in [0.717, 1.165) is 5.56 Å². The maximum atomic E-state index is 12.6. The summed E-state index contributed by atoms with van der Waals surface area (Å²) in [7, 11) is 1.55. The Kier molecular flexibility index (Phi) is 8.26. The minimum absolute atomic E-state index is 0.136. The number of aromatic nitrogens is 3. The lowest BCUT2D eigenvalue weighted by atomic mass is 10.1. The molecular weight excluding hydrogens is 438 g/mol. The third kappa shape index (κ3) is 6.23. The first-order valence-corrected chi connectivity index (χ1v) is 11.4. The van der Waals surface area contributed by atoms with E-state index < -0.39 is 0 Å². The van der Waals surface area contributed by atoms with Crippen LogP contribution in [-0.4, -0.2) is 39.4 Å². The van der Waals surface area contributed by atoms with Gasteiger partial charge in [0.1, 0.15) is 5.75 Å². The Labute approximate surface area is 197 Å². The number of rotatable bonds is 10. The average Bonchev–Trinajstić information content (AvgIpc) is 3.21. The molecule has 0 aliphatic heterocycles. The Morgan fingerprint density at radius 1 is 1.18 bits per heavy atom. The van der Waals surface area contributed by atoms with Crippen molar-refractivity contribution in [2.75, 3.05) is 18.2 Å². The average molecular weight is 466 g/mol. The minimum Gasteiger partial charge on any atom is -0.495 e. The molecule has 172 valence electrons. The van der Waals surface area contributed by atoms with Crippen molar-refractivity contribution >= 4 is 29.3 Å². The highest BCUT2D eigenvalue weighted by Crippen LogP contribution is 2.25. The summed E-state index contributed by atoms with van der Waals surface area (Å²) in [5.74, 6) is 0.923. The van der Waals surface area contributed by atoms with Crippen LogP contribution in [0.1, 0.15) is 34.7 Å². The maximum Gasteiger partial charge on any atom is 0.251 e. The highest BCUT2D eigenvalue weighted by Gasteiger charge is 2.20. The topological polar surface area (TPSA) is 98.1 Å². The van der Waals surface area contributed by atoms with Gasteiger partial charge in [0.25, 0.3) is 5.91 Å². The van der Waals surface area contributed by atoms with E-state index >= 15 is 0 Å². The fourth-order valence-corrected chi connectivity index (χ4v) is 3.90. The fraction of sp³-hybridized carbons (Fsp3) is 0.250. The quantitative estimate of drug-likeness (QED) is 0.347. The summed E-state index contributed by atoms with van der Waals surface area (Å²) in [5.41, 5.74) is 2.26. The molecule has 1 atom stereocenters. The number of allylic oxidation sites excluding steroid dienone is 1. The number of anilines is 1. The second-order valence-corrected chi connectivity index (χ2v) is 8.28. The molecule has 3 rings (SSSR count). The Morgan fingerprint density at radius 2 is 1.91 bits per heavy atom. The monoisotopic (exact) mass is 465 g/mol. The molecule has 0 aliphatic carbocycles. The number of benzene rings is 2. The third-order valence-corrected chi connectivity index (χ3v) is 5.79. The molecule has 9 heteroatoms. The van der Waals surface area contributed by atoms with Crippen molar-refractivity contribution in [3.63, 3.8) is 0 Å². The maximum absolute atomic E-state index is 12.6. The SMILES string of the molecule is C=CCn1c(SCC(=O)Nc2ccccc2OC)nnc1[C@H](C)NC(=O)c1ccc(C)cc1. The van der Waals surface area contributed by atoms with E-state index in [-0.39, 0.29) is 23.6 Å². The van der Waals surface area contributed by atoms with Gasteiger partial charge in [-0.2, -0.15) is 0 Å². The summed E-state index contributed by atoms with van der Waals surface area (Å²) in [5, 5.41) is 14.9. The largest absolute Gasteiger partial charge is 0.495 e. The standard InChI is InChI=1S/C24H27N5O3S/c1-5-14-29-22(17(3)25-23(31)18-12-10-16(2)11-13-18)27-28-24(29)33-15-21(30)26-19-8-6-7-9-20(19)32-4/h5-13,17H,1,14-15H2,2-4H3,(H,25,31)(H,26,30)/t17-/m0/s1. The number of para-hydroxylation sites is 2. The molecule has 0 fully saturated rings. The van der Waals surface area contributed by atoms with Gasteiger partial charge in [-0.15, -0.1) is 16.8 Å². The van der Waals surface area contributed by atoms with E-state index in [1.165, 1.54) is 11.8 Å². The van der Waals surface area contributed by atoms with Crippen LogP contribution in [0.5, 0.6) is 5.75 Å². The van der Waals surface area contributed by atoms with Crippen LogP contribution in [-0.2, 0) is 11.3 Å². The number of methoxy groups -OCH3 is 1. The van der Waals surface area contributed by atoms with Gasteiger partial charge in [0.05, 0.1) is 24.6 Å². The minimum atomic E-state index is -0.386. The van der Waals surface area contributed by atoms with Crippen LogP contribution in [0.25, 0.3) is 0 Å². The van der Waals surface area contributed by atoms with Crippen molar-refractivity contribution in [1.29, 1.82) is 0 Å². The van der Waals surface area contributed by atoms with Crippen molar-refractivity contribution in [2.45, 2.75) is 31.6 Å². The molecule has 0 unspecified atom stereocenters. The van der Waals surface area contributed by atoms with E-state index in [1.54, 1.807) is 37.5 Å². The van der Waals surface area contributed by atoms with E-state index in [1.807, 2.05) is 42.7 Å². The number of nitrogens with one attached hydrogen (secondary N) is 2. The molecule has 3 aromatic rings. The molecule has 2 aromatic carbocycles. The van der Waals surface area contributed by atoms with Crippen LogP contribution in [0.2, 0.25) is 0 Å². The lowest BCUT2D eigenvalue weighted by Gasteiger charge is -2.15. The number of hydrogen-bond acceptors (Lipinski definition) is 6. The molecule has 1 heterocycles. The van der Waals surface area contributed by atoms with Crippen LogP contribution < -0.4 is 15.4 Å². The summed E-state index contributed by atoms with van der Waals surface area (Å²) < 4.78 is 7.11. The fourth-order valence-electron chi connectivity index (χ4n) is 3.14. The van der Waals surface area contributed by atoms with Gasteiger partial charge < -0.3 is 19.9 Å². The predicted molar refractivity (Wildman–Crippen MR) is 130 cm³/mol. The lowest BCUT2D eigenvalue weighted by Crippen LogP contribution is -2.28. The summed E-state index contributed by atoms with van der Waals surface area (Å²) in [4.78, 5) is 25.1. The van der Waals surface area contributed by atoms with Gasteiger partial charge in [-0.05, 0) is 38.1 Å². The molecule has 0 aliphatic rings. The van der Waals surface area contributed by atoms with Gasteiger partial charge in [0.2, 0.25) is 5.91 Å². The van der Waals surface area contributed by atoms with Gasteiger partial charge in [0, 0.05) is 12.1 Å². The second-order valence-electron chi connectivity index (χ2n) is 7.34. The molecule has 0 saturated carbocycles. The first kappa shape index (κ1) is 24.1. The van der Waals surface area contributed by atoms with Crippen molar-refractivity contribution in [3.05, 3.63) is 78.1 Å². The highest BCUT2D eigenvalue weighted by atomic mass is 32.2. The molecule has 2 N–H and O–H groups in total. The molecule has 0 saturated heterocycles. The molecule has 33 heavy (non-hydrogen) atoms. The van der Waals surface area contributed by atoms with Gasteiger partial charge in [0.15, 0.2) is 11.0 Å². The zero-order valence-corrected chi connectivity index (χ0v) is 19.7. The second kappa shape index (κ2) is 11.3. The zero-order valence-electron chi connectivity index (χ0n) is 18.9. The van der Waals surface area contributed by atoms with Crippen LogP contribution in [0.3, 0.4) is 0 Å². The van der Waals surface area contributed by atoms with E-state index in [0.29, 0.717) is 34.5 Å². The smallest absolute Gasteiger partial charge is 0.251 e. The number of hydrogen-bond donors (Lipinski definition) is 2. The normalized spacial score (nSPS) is 11.5. The number of aryl methyl sites for hydroxylation is 1. The Balaban J connectivity index is 1.67. The van der Waals surface area contributed by atoms with Crippen LogP contribution in [0, 0.1) is 6.92 Å². The Morgan fingerprint density at radius 3 is 2.61 bits per heavy atom. The first-order chi connectivity index (χ1) is 15.9. The van der Waals surface area contributed by atoms with Gasteiger partial charge in [-0.3, -0.25) is 9.59 Å². The van der Waals surface area contributed by atoms with E-state index in [9.17, 15) is 9.59 Å². The molecule has 1 aromatic heterocycles.